The predicted molar refractivity (Wildman–Crippen MR) is 109 cm³/mol. The Balaban J connectivity index is 1.55. The molecule has 2 heterocycles. The van der Waals surface area contributed by atoms with Crippen molar-refractivity contribution in [3.8, 4) is 0 Å². The Bertz CT molecular complexity index is 936. The summed E-state index contributed by atoms with van der Waals surface area (Å²) >= 11 is 0. The molecule has 28 heavy (non-hydrogen) atoms. The Morgan fingerprint density at radius 1 is 1.11 bits per heavy atom. The molecule has 0 unspecified atom stereocenters. The highest BCUT2D eigenvalue weighted by Crippen LogP contribution is 2.18. The number of ether oxygens (including phenoxy) is 1. The minimum absolute atomic E-state index is 0.0335. The van der Waals surface area contributed by atoms with E-state index in [0.717, 1.165) is 35.8 Å². The Kier molecular flexibility index (Phi) is 5.72. The maximum atomic E-state index is 12.8. The molecule has 1 atom stereocenters. The number of amides is 1. The number of para-hydroxylation sites is 1. The fourth-order valence-electron chi connectivity index (χ4n) is 4.05. The van der Waals surface area contributed by atoms with Crippen molar-refractivity contribution in [1.82, 2.24) is 9.80 Å². The summed E-state index contributed by atoms with van der Waals surface area (Å²) in [5, 5.41) is 2.18. The van der Waals surface area contributed by atoms with Gasteiger partial charge in [-0.3, -0.25) is 4.99 Å². The first-order valence-electron chi connectivity index (χ1n) is 10.0. The van der Waals surface area contributed by atoms with Crippen molar-refractivity contribution in [2.24, 2.45) is 4.99 Å². The number of likely N-dealkylation sites (N-methyl/N-ethyl adjacent to an activating group) is 1. The quantitative estimate of drug-likeness (QED) is 0.775. The number of rotatable bonds is 6. The van der Waals surface area contributed by atoms with Crippen molar-refractivity contribution in [3.05, 3.63) is 70.7 Å². The van der Waals surface area contributed by atoms with Gasteiger partial charge in [-0.25, -0.2) is 4.79 Å². The molecule has 1 fully saturated rings. The van der Waals surface area contributed by atoms with Gasteiger partial charge in [-0.2, -0.15) is 0 Å². The van der Waals surface area contributed by atoms with Gasteiger partial charge in [0.2, 0.25) is 0 Å². The maximum absolute atomic E-state index is 12.8. The van der Waals surface area contributed by atoms with Gasteiger partial charge in [0.25, 0.3) is 0 Å². The molecule has 0 saturated carbocycles. The second kappa shape index (κ2) is 8.57. The van der Waals surface area contributed by atoms with Crippen molar-refractivity contribution in [2.45, 2.75) is 25.5 Å². The molecule has 0 N–H and O–H groups in total. The van der Waals surface area contributed by atoms with Crippen LogP contribution in [0.3, 0.4) is 0 Å². The van der Waals surface area contributed by atoms with Crippen LogP contribution >= 0.6 is 0 Å². The summed E-state index contributed by atoms with van der Waals surface area (Å²) in [5.74, 6) is 0. The molecule has 0 aromatic heterocycles. The highest BCUT2D eigenvalue weighted by molar-refractivity contribution is 5.71. The second-order valence-corrected chi connectivity index (χ2v) is 7.53. The molecule has 0 aliphatic carbocycles. The molecule has 2 aliphatic rings. The number of nitrogens with zero attached hydrogens (tertiary/aromatic N) is 3. The second-order valence-electron chi connectivity index (χ2n) is 7.53. The van der Waals surface area contributed by atoms with E-state index in [9.17, 15) is 4.79 Å². The lowest BCUT2D eigenvalue weighted by molar-refractivity contribution is 0.0926. The molecule has 4 rings (SSSR count). The molecule has 2 aromatic rings. The van der Waals surface area contributed by atoms with Gasteiger partial charge in [0.15, 0.2) is 0 Å². The lowest BCUT2D eigenvalue weighted by Crippen LogP contribution is -2.47. The van der Waals surface area contributed by atoms with Gasteiger partial charge in [-0.05, 0) is 43.1 Å². The summed E-state index contributed by atoms with van der Waals surface area (Å²) in [7, 11) is 1.85. The van der Waals surface area contributed by atoms with Crippen LogP contribution in [-0.2, 0) is 11.3 Å². The summed E-state index contributed by atoms with van der Waals surface area (Å²) in [6, 6.07) is 18.0. The molecule has 0 bridgehead atoms. The van der Waals surface area contributed by atoms with Gasteiger partial charge in [0.05, 0.1) is 17.9 Å². The Labute approximate surface area is 165 Å². The lowest BCUT2D eigenvalue weighted by atomic mass is 10.0. The topological polar surface area (TPSA) is 45.1 Å². The smallest absolute Gasteiger partial charge is 0.410 e. The molecule has 1 amide bonds. The minimum atomic E-state index is -0.287. The number of hydrogen-bond donors (Lipinski definition) is 0. The fourth-order valence-corrected chi connectivity index (χ4v) is 4.05. The Hall–Kier alpha value is -2.66. The first kappa shape index (κ1) is 18.7. The van der Waals surface area contributed by atoms with E-state index in [-0.39, 0.29) is 18.7 Å². The SMILES string of the molecule is CN(C(=O)OCc1ccccc1)[C@H](CN1CCCC1)C1=c2ccccc2=NC1. The van der Waals surface area contributed by atoms with Crippen molar-refractivity contribution in [1.29, 1.82) is 0 Å². The molecule has 0 radical (unpaired) electrons. The number of fused-ring (bicyclic) bond motifs is 1. The largest absolute Gasteiger partial charge is 0.445 e. The summed E-state index contributed by atoms with van der Waals surface area (Å²) in [5.41, 5.74) is 2.20. The highest BCUT2D eigenvalue weighted by atomic mass is 16.6. The van der Waals surface area contributed by atoms with E-state index in [1.165, 1.54) is 18.4 Å². The molecule has 5 nitrogen and oxygen atoms in total. The predicted octanol–water partition coefficient (Wildman–Crippen LogP) is 2.20. The normalized spacial score (nSPS) is 17.1. The van der Waals surface area contributed by atoms with E-state index in [2.05, 4.69) is 16.0 Å². The van der Waals surface area contributed by atoms with Crippen molar-refractivity contribution < 1.29 is 9.53 Å². The van der Waals surface area contributed by atoms with Gasteiger partial charge in [-0.1, -0.05) is 48.5 Å². The summed E-state index contributed by atoms with van der Waals surface area (Å²) in [6.07, 6.45) is 2.17. The van der Waals surface area contributed by atoms with Crippen LogP contribution < -0.4 is 10.6 Å². The van der Waals surface area contributed by atoms with E-state index in [4.69, 9.17) is 4.74 Å². The fraction of sp³-hybridized carbons (Fsp3) is 0.391. The van der Waals surface area contributed by atoms with Gasteiger partial charge < -0.3 is 14.5 Å². The van der Waals surface area contributed by atoms with Crippen molar-refractivity contribution >= 4 is 11.7 Å². The number of benzene rings is 2. The van der Waals surface area contributed by atoms with E-state index in [1.54, 1.807) is 4.90 Å². The molecule has 5 heteroatoms. The van der Waals surface area contributed by atoms with Gasteiger partial charge in [0, 0.05) is 18.8 Å². The molecule has 146 valence electrons. The standard InChI is InChI=1S/C23H27N3O2/c1-25(23(27)28-17-18-9-3-2-4-10-18)22(16-26-13-7-8-14-26)20-15-24-21-12-6-5-11-19(20)21/h2-6,9-12,22H,7-8,13-17H2,1H3/t22-/m1/s1. The van der Waals surface area contributed by atoms with Crippen LogP contribution in [0.4, 0.5) is 4.79 Å². The van der Waals surface area contributed by atoms with Crippen LogP contribution in [-0.4, -0.2) is 55.2 Å². The van der Waals surface area contributed by atoms with Gasteiger partial charge in [-0.15, -0.1) is 0 Å². The lowest BCUT2D eigenvalue weighted by Gasteiger charge is -2.32. The molecule has 0 spiro atoms. The molecule has 2 aromatic carbocycles. The third kappa shape index (κ3) is 4.09. The minimum Gasteiger partial charge on any atom is -0.445 e. The molecular weight excluding hydrogens is 350 g/mol. The van der Waals surface area contributed by atoms with E-state index in [1.807, 2.05) is 55.6 Å². The van der Waals surface area contributed by atoms with Crippen molar-refractivity contribution in [3.63, 3.8) is 0 Å². The summed E-state index contributed by atoms with van der Waals surface area (Å²) < 4.78 is 5.61. The zero-order valence-corrected chi connectivity index (χ0v) is 16.4. The summed E-state index contributed by atoms with van der Waals surface area (Å²) in [4.78, 5) is 21.7. The van der Waals surface area contributed by atoms with Crippen LogP contribution in [0.2, 0.25) is 0 Å². The third-order valence-electron chi connectivity index (χ3n) is 5.66. The van der Waals surface area contributed by atoms with Gasteiger partial charge >= 0.3 is 6.09 Å². The zero-order valence-electron chi connectivity index (χ0n) is 16.4. The maximum Gasteiger partial charge on any atom is 0.410 e. The first-order chi connectivity index (χ1) is 13.7. The third-order valence-corrected chi connectivity index (χ3v) is 5.66. The van der Waals surface area contributed by atoms with Crippen molar-refractivity contribution in [2.75, 3.05) is 33.2 Å². The summed E-state index contributed by atoms with van der Waals surface area (Å²) in [6.45, 7) is 3.95. The average molecular weight is 377 g/mol. The van der Waals surface area contributed by atoms with Gasteiger partial charge in [0.1, 0.15) is 6.61 Å². The van der Waals surface area contributed by atoms with Crippen LogP contribution in [0.15, 0.2) is 59.6 Å². The van der Waals surface area contributed by atoms with Crippen LogP contribution in [0.5, 0.6) is 0 Å². The van der Waals surface area contributed by atoms with E-state index < -0.39 is 0 Å². The molecular formula is C23H27N3O2. The Morgan fingerprint density at radius 3 is 2.61 bits per heavy atom. The average Bonchev–Trinajstić information content (AvgIpc) is 3.40. The zero-order chi connectivity index (χ0) is 19.3. The molecule has 2 aliphatic heterocycles. The number of likely N-dealkylation sites (tertiary alicyclic amines) is 1. The number of carbonyl (C=O) groups excluding carboxylic acids is 1. The van der Waals surface area contributed by atoms with Crippen LogP contribution in [0, 0.1) is 0 Å². The highest BCUT2D eigenvalue weighted by Gasteiger charge is 2.29. The van der Waals surface area contributed by atoms with Crippen LogP contribution in [0.1, 0.15) is 18.4 Å². The number of carbonyl (C=O) groups is 1. The van der Waals surface area contributed by atoms with Crippen LogP contribution in [0.25, 0.3) is 5.57 Å². The number of hydrogen-bond acceptors (Lipinski definition) is 4. The first-order valence-corrected chi connectivity index (χ1v) is 10.0. The monoisotopic (exact) mass is 377 g/mol. The Morgan fingerprint density at radius 2 is 1.82 bits per heavy atom. The molecule has 1 saturated heterocycles. The van der Waals surface area contributed by atoms with E-state index >= 15 is 0 Å². The van der Waals surface area contributed by atoms with E-state index in [0.29, 0.717) is 6.54 Å².